The second-order valence-electron chi connectivity index (χ2n) is 4.62. The van der Waals surface area contributed by atoms with Gasteiger partial charge in [0.2, 0.25) is 0 Å². The Kier molecular flexibility index (Phi) is 4.15. The molecule has 0 bridgehead atoms. The van der Waals surface area contributed by atoms with Gasteiger partial charge in [0.05, 0.1) is 5.56 Å². The van der Waals surface area contributed by atoms with Crippen molar-refractivity contribution in [1.29, 1.82) is 0 Å². The van der Waals surface area contributed by atoms with E-state index in [9.17, 15) is 4.79 Å². The van der Waals surface area contributed by atoms with Gasteiger partial charge in [-0.15, -0.1) is 0 Å². The van der Waals surface area contributed by atoms with Crippen molar-refractivity contribution in [3.63, 3.8) is 0 Å². The third-order valence-electron chi connectivity index (χ3n) is 3.36. The summed E-state index contributed by atoms with van der Waals surface area (Å²) < 4.78 is 5.33. The van der Waals surface area contributed by atoms with Crippen LogP contribution in [-0.4, -0.2) is 35.3 Å². The molecule has 98 valence electrons. The molecular weight excluding hydrogens is 232 g/mol. The van der Waals surface area contributed by atoms with E-state index in [1.807, 2.05) is 0 Å². The summed E-state index contributed by atoms with van der Waals surface area (Å²) in [7, 11) is 0. The maximum Gasteiger partial charge on any atom is 0.335 e. The Morgan fingerprint density at radius 3 is 2.94 bits per heavy atom. The lowest BCUT2D eigenvalue weighted by Crippen LogP contribution is -2.31. The Bertz CT molecular complexity index is 416. The van der Waals surface area contributed by atoms with Gasteiger partial charge in [-0.05, 0) is 37.8 Å². The van der Waals surface area contributed by atoms with E-state index in [-0.39, 0.29) is 11.6 Å². The van der Waals surface area contributed by atoms with E-state index in [1.54, 1.807) is 6.07 Å². The molecule has 1 fully saturated rings. The molecule has 1 aromatic heterocycles. The van der Waals surface area contributed by atoms with E-state index in [4.69, 9.17) is 9.84 Å². The zero-order chi connectivity index (χ0) is 13.0. The fourth-order valence-corrected chi connectivity index (χ4v) is 2.21. The minimum atomic E-state index is -0.931. The van der Waals surface area contributed by atoms with Crippen molar-refractivity contribution >= 4 is 11.8 Å². The van der Waals surface area contributed by atoms with Crippen molar-refractivity contribution in [1.82, 2.24) is 4.98 Å². The molecule has 1 atom stereocenters. The molecule has 0 radical (unpaired) electrons. The Balaban J connectivity index is 1.99. The molecule has 0 aromatic carbocycles. The highest BCUT2D eigenvalue weighted by atomic mass is 16.5. The summed E-state index contributed by atoms with van der Waals surface area (Å²) in [6.45, 7) is 3.71. The number of anilines is 1. The van der Waals surface area contributed by atoms with Gasteiger partial charge in [-0.3, -0.25) is 0 Å². The summed E-state index contributed by atoms with van der Waals surface area (Å²) in [6.07, 6.45) is 3.59. The molecule has 1 unspecified atom stereocenters. The van der Waals surface area contributed by atoms with Gasteiger partial charge >= 0.3 is 5.97 Å². The fourth-order valence-electron chi connectivity index (χ4n) is 2.21. The number of pyridine rings is 1. The maximum absolute atomic E-state index is 10.9. The Morgan fingerprint density at radius 1 is 1.56 bits per heavy atom. The number of rotatable bonds is 4. The topological polar surface area (TPSA) is 71.5 Å². The van der Waals surface area contributed by atoms with Crippen LogP contribution in [0.5, 0.6) is 0 Å². The van der Waals surface area contributed by atoms with Gasteiger partial charge in [-0.1, -0.05) is 0 Å². The van der Waals surface area contributed by atoms with Gasteiger partial charge in [-0.2, -0.15) is 0 Å². The van der Waals surface area contributed by atoms with Crippen LogP contribution < -0.4 is 5.32 Å². The molecule has 0 spiro atoms. The third kappa shape index (κ3) is 3.20. The molecule has 0 saturated carbocycles. The Hall–Kier alpha value is -1.62. The molecule has 2 N–H and O–H groups in total. The van der Waals surface area contributed by atoms with Crippen LogP contribution in [0.25, 0.3) is 0 Å². The van der Waals surface area contributed by atoms with Gasteiger partial charge in [-0.25, -0.2) is 9.78 Å². The maximum atomic E-state index is 10.9. The van der Waals surface area contributed by atoms with Crippen LogP contribution in [0, 0.1) is 5.92 Å². The summed E-state index contributed by atoms with van der Waals surface area (Å²) in [5.74, 6) is 0.238. The molecule has 1 aliphatic rings. The molecular formula is C13H18N2O3. The summed E-state index contributed by atoms with van der Waals surface area (Å²) in [4.78, 5) is 15.0. The van der Waals surface area contributed by atoms with E-state index in [0.717, 1.165) is 26.1 Å². The predicted octanol–water partition coefficient (Wildman–Crippen LogP) is 2.01. The van der Waals surface area contributed by atoms with E-state index < -0.39 is 5.97 Å². The quantitative estimate of drug-likeness (QED) is 0.855. The molecule has 5 nitrogen and oxygen atoms in total. The fraction of sp³-hybridized carbons (Fsp3) is 0.538. The number of hydrogen-bond donors (Lipinski definition) is 2. The monoisotopic (exact) mass is 250 g/mol. The second kappa shape index (κ2) is 5.82. The highest BCUT2D eigenvalue weighted by molar-refractivity contribution is 5.88. The van der Waals surface area contributed by atoms with Crippen LogP contribution in [0.4, 0.5) is 5.82 Å². The Labute approximate surface area is 106 Å². The first-order valence-electron chi connectivity index (χ1n) is 6.20. The number of aromatic nitrogens is 1. The predicted molar refractivity (Wildman–Crippen MR) is 67.8 cm³/mol. The molecule has 18 heavy (non-hydrogen) atoms. The van der Waals surface area contributed by atoms with Crippen molar-refractivity contribution in [2.24, 2.45) is 5.92 Å². The van der Waals surface area contributed by atoms with E-state index in [0.29, 0.717) is 11.7 Å². The van der Waals surface area contributed by atoms with Crippen molar-refractivity contribution in [3.05, 3.63) is 23.9 Å². The largest absolute Gasteiger partial charge is 0.478 e. The zero-order valence-corrected chi connectivity index (χ0v) is 10.4. The third-order valence-corrected chi connectivity index (χ3v) is 3.36. The van der Waals surface area contributed by atoms with Crippen molar-refractivity contribution < 1.29 is 14.6 Å². The number of ether oxygens (including phenoxy) is 1. The molecule has 0 amide bonds. The number of hydrogen-bond acceptors (Lipinski definition) is 4. The van der Waals surface area contributed by atoms with Crippen molar-refractivity contribution in [2.45, 2.75) is 25.8 Å². The number of carboxylic acids is 1. The molecule has 0 aliphatic carbocycles. The van der Waals surface area contributed by atoms with Crippen LogP contribution in [0.2, 0.25) is 0 Å². The van der Waals surface area contributed by atoms with E-state index in [1.165, 1.54) is 12.3 Å². The number of nitrogens with one attached hydrogen (secondary N) is 1. The highest BCUT2D eigenvalue weighted by Crippen LogP contribution is 2.21. The molecule has 2 rings (SSSR count). The lowest BCUT2D eigenvalue weighted by atomic mass is 9.93. The normalized spacial score (nSPS) is 18.3. The molecule has 1 aromatic rings. The highest BCUT2D eigenvalue weighted by Gasteiger charge is 2.20. The molecule has 2 heterocycles. The van der Waals surface area contributed by atoms with Gasteiger partial charge in [0, 0.05) is 25.5 Å². The number of carboxylic acid groups (broad SMARTS) is 1. The first-order chi connectivity index (χ1) is 8.66. The second-order valence-corrected chi connectivity index (χ2v) is 4.62. The minimum absolute atomic E-state index is 0.256. The standard InChI is InChI=1S/C13H18N2O3/c1-9(10-3-6-18-7-4-10)15-12-8-11(13(16)17)2-5-14-12/h2,5,8-10H,3-4,6-7H2,1H3,(H,14,15)(H,16,17). The number of carbonyl (C=O) groups is 1. The average molecular weight is 250 g/mol. The zero-order valence-electron chi connectivity index (χ0n) is 10.4. The van der Waals surface area contributed by atoms with Crippen LogP contribution in [0.1, 0.15) is 30.1 Å². The molecule has 1 aliphatic heterocycles. The first kappa shape index (κ1) is 12.8. The van der Waals surface area contributed by atoms with E-state index in [2.05, 4.69) is 17.2 Å². The molecule has 1 saturated heterocycles. The van der Waals surface area contributed by atoms with Crippen LogP contribution in [0.15, 0.2) is 18.3 Å². The lowest BCUT2D eigenvalue weighted by molar-refractivity contribution is 0.0622. The summed E-state index contributed by atoms with van der Waals surface area (Å²) in [5, 5.41) is 12.2. The van der Waals surface area contributed by atoms with Gasteiger partial charge < -0.3 is 15.2 Å². The summed E-state index contributed by atoms with van der Waals surface area (Å²) >= 11 is 0. The lowest BCUT2D eigenvalue weighted by Gasteiger charge is -2.28. The summed E-state index contributed by atoms with van der Waals surface area (Å²) in [5.41, 5.74) is 0.256. The first-order valence-corrected chi connectivity index (χ1v) is 6.20. The van der Waals surface area contributed by atoms with Crippen molar-refractivity contribution in [2.75, 3.05) is 18.5 Å². The molecule has 5 heteroatoms. The van der Waals surface area contributed by atoms with Crippen molar-refractivity contribution in [3.8, 4) is 0 Å². The number of aromatic carboxylic acids is 1. The minimum Gasteiger partial charge on any atom is -0.478 e. The van der Waals surface area contributed by atoms with Crippen LogP contribution in [-0.2, 0) is 4.74 Å². The van der Waals surface area contributed by atoms with Gasteiger partial charge in [0.25, 0.3) is 0 Å². The average Bonchev–Trinajstić information content (AvgIpc) is 2.40. The summed E-state index contributed by atoms with van der Waals surface area (Å²) in [6, 6.07) is 3.33. The van der Waals surface area contributed by atoms with Gasteiger partial charge in [0.15, 0.2) is 0 Å². The van der Waals surface area contributed by atoms with Gasteiger partial charge in [0.1, 0.15) is 5.82 Å². The Morgan fingerprint density at radius 2 is 2.28 bits per heavy atom. The van der Waals surface area contributed by atoms with E-state index >= 15 is 0 Å². The SMILES string of the molecule is CC(Nc1cc(C(=O)O)ccn1)C1CCOCC1. The van der Waals surface area contributed by atoms with Crippen LogP contribution in [0.3, 0.4) is 0 Å². The number of nitrogens with zero attached hydrogens (tertiary/aromatic N) is 1. The van der Waals surface area contributed by atoms with Crippen LogP contribution >= 0.6 is 0 Å². The smallest absolute Gasteiger partial charge is 0.335 e.